The standard InChI is InChI=1S/C65H56N4/c1-3-5-7-9-21-45-39-46(22-10-8-6-4-2)41-51(40-45)69-62-32-20-17-29-58(62)65(56-27-15-11-25-54(56)64(49(43-66)44-67)55-26-12-16-28-57(55)65)59-42-48(35-38-63(59)69)47-33-36-50(37-34-47)68-60-30-18-13-23-52(60)53-24-14-19-31-61(53)68/h11-20,23-42H,3-10,21-22H2,1-2H3. The molecule has 1 aromatic heterocycles. The van der Waals surface area contributed by atoms with Crippen molar-refractivity contribution in [2.45, 2.75) is 83.5 Å². The van der Waals surface area contributed by atoms with Crippen molar-refractivity contribution in [3.05, 3.63) is 232 Å². The molecule has 69 heavy (non-hydrogen) atoms. The molecule has 0 amide bonds. The average molecular weight is 893 g/mol. The lowest BCUT2D eigenvalue weighted by Crippen LogP contribution is -2.41. The van der Waals surface area contributed by atoms with E-state index < -0.39 is 5.41 Å². The largest absolute Gasteiger partial charge is 0.310 e. The molecular weight excluding hydrogens is 837 g/mol. The predicted molar refractivity (Wildman–Crippen MR) is 286 cm³/mol. The van der Waals surface area contributed by atoms with Gasteiger partial charge in [0.25, 0.3) is 0 Å². The Kier molecular flexibility index (Phi) is 11.8. The number of aryl methyl sites for hydroxylation is 2. The van der Waals surface area contributed by atoms with Crippen LogP contribution in [0.15, 0.2) is 188 Å². The van der Waals surface area contributed by atoms with Crippen molar-refractivity contribution >= 4 is 44.4 Å². The number of hydrogen-bond donors (Lipinski definition) is 0. The fourth-order valence-corrected chi connectivity index (χ4v) is 11.8. The molecule has 0 radical (unpaired) electrons. The molecular formula is C65H56N4. The van der Waals surface area contributed by atoms with Crippen LogP contribution < -0.4 is 4.90 Å². The summed E-state index contributed by atoms with van der Waals surface area (Å²) in [4.78, 5) is 2.53. The molecule has 0 fully saturated rings. The quantitative estimate of drug-likeness (QED) is 0.0856. The van der Waals surface area contributed by atoms with Crippen LogP contribution in [0.5, 0.6) is 0 Å². The smallest absolute Gasteiger partial charge is 0.138 e. The Labute approximate surface area is 407 Å². The van der Waals surface area contributed by atoms with Gasteiger partial charge in [0.2, 0.25) is 0 Å². The highest BCUT2D eigenvalue weighted by Gasteiger charge is 2.51. The number of anilines is 3. The van der Waals surface area contributed by atoms with Gasteiger partial charge in [-0.1, -0.05) is 180 Å². The first-order chi connectivity index (χ1) is 34.1. The summed E-state index contributed by atoms with van der Waals surface area (Å²) in [5, 5.41) is 23.5. The SMILES string of the molecule is CCCCCCc1cc(CCCCCC)cc(N2c3ccccc3C3(c4ccccc4C(=C(C#N)C#N)c4ccccc43)c3cc(-c4ccc(-n5c6ccccc6c6ccccc65)cc4)ccc32)c1. The summed E-state index contributed by atoms with van der Waals surface area (Å²) in [5.41, 5.74) is 18.3. The van der Waals surface area contributed by atoms with Crippen molar-refractivity contribution in [2.24, 2.45) is 0 Å². The Balaban J connectivity index is 1.15. The number of fused-ring (bicyclic) bond motifs is 11. The highest BCUT2D eigenvalue weighted by Crippen LogP contribution is 2.62. The number of nitrogens with zero attached hydrogens (tertiary/aromatic N) is 4. The van der Waals surface area contributed by atoms with Crippen molar-refractivity contribution in [3.8, 4) is 29.0 Å². The highest BCUT2D eigenvalue weighted by molar-refractivity contribution is 6.09. The molecule has 4 heteroatoms. The summed E-state index contributed by atoms with van der Waals surface area (Å²) in [6.07, 6.45) is 11.9. The van der Waals surface area contributed by atoms with Crippen LogP contribution >= 0.6 is 0 Å². The molecule has 4 nitrogen and oxygen atoms in total. The number of aromatic nitrogens is 1. The lowest BCUT2D eigenvalue weighted by atomic mass is 9.56. The Bertz CT molecular complexity index is 3370. The van der Waals surface area contributed by atoms with Gasteiger partial charge in [0.05, 0.1) is 27.8 Å². The summed E-state index contributed by atoms with van der Waals surface area (Å²) in [7, 11) is 0. The highest BCUT2D eigenvalue weighted by atomic mass is 15.2. The van der Waals surface area contributed by atoms with Crippen molar-refractivity contribution in [3.63, 3.8) is 0 Å². The Morgan fingerprint density at radius 1 is 0.449 bits per heavy atom. The van der Waals surface area contributed by atoms with Crippen LogP contribution in [0, 0.1) is 22.7 Å². The molecule has 0 N–H and O–H groups in total. The average Bonchev–Trinajstić information content (AvgIpc) is 3.74. The van der Waals surface area contributed by atoms with Crippen LogP contribution in [0.25, 0.3) is 44.2 Å². The number of allylic oxidation sites excluding steroid dienone is 1. The van der Waals surface area contributed by atoms with E-state index >= 15 is 0 Å². The van der Waals surface area contributed by atoms with Crippen LogP contribution in [0.3, 0.4) is 0 Å². The van der Waals surface area contributed by atoms with E-state index in [1.165, 1.54) is 95.6 Å². The summed E-state index contributed by atoms with van der Waals surface area (Å²) >= 11 is 0. The lowest BCUT2D eigenvalue weighted by Gasteiger charge is -2.49. The fourth-order valence-electron chi connectivity index (χ4n) is 11.8. The van der Waals surface area contributed by atoms with Crippen molar-refractivity contribution in [1.29, 1.82) is 10.5 Å². The van der Waals surface area contributed by atoms with E-state index in [0.29, 0.717) is 5.57 Å². The molecule has 336 valence electrons. The van der Waals surface area contributed by atoms with Crippen molar-refractivity contribution < 1.29 is 0 Å². The Morgan fingerprint density at radius 3 is 1.54 bits per heavy atom. The number of hydrogen-bond acceptors (Lipinski definition) is 3. The summed E-state index contributed by atoms with van der Waals surface area (Å²) in [6, 6.07) is 71.4. The summed E-state index contributed by atoms with van der Waals surface area (Å²) < 4.78 is 2.37. The minimum Gasteiger partial charge on any atom is -0.310 e. The minimum atomic E-state index is -0.797. The van der Waals surface area contributed by atoms with Gasteiger partial charge in [0.1, 0.15) is 17.7 Å². The molecule has 0 bridgehead atoms. The van der Waals surface area contributed by atoms with Crippen LogP contribution in [0.2, 0.25) is 0 Å². The number of para-hydroxylation sites is 3. The minimum absolute atomic E-state index is 0.120. The van der Waals surface area contributed by atoms with Crippen LogP contribution in [0.4, 0.5) is 17.1 Å². The van der Waals surface area contributed by atoms with Gasteiger partial charge in [-0.3, -0.25) is 0 Å². The van der Waals surface area contributed by atoms with Gasteiger partial charge in [0, 0.05) is 27.7 Å². The molecule has 11 rings (SSSR count). The van der Waals surface area contributed by atoms with Gasteiger partial charge in [0.15, 0.2) is 0 Å². The van der Waals surface area contributed by atoms with Gasteiger partial charge >= 0.3 is 0 Å². The Morgan fingerprint density at radius 2 is 0.957 bits per heavy atom. The molecule has 1 aliphatic heterocycles. The van der Waals surface area contributed by atoms with Crippen LogP contribution in [0.1, 0.15) is 110 Å². The maximum Gasteiger partial charge on any atom is 0.138 e. The Hall–Kier alpha value is -7.92. The second kappa shape index (κ2) is 18.6. The maximum absolute atomic E-state index is 10.5. The van der Waals surface area contributed by atoms with E-state index in [-0.39, 0.29) is 5.57 Å². The molecule has 2 aliphatic rings. The van der Waals surface area contributed by atoms with Gasteiger partial charge < -0.3 is 9.47 Å². The zero-order valence-electron chi connectivity index (χ0n) is 39.7. The molecule has 9 aromatic rings. The molecule has 0 saturated carbocycles. The van der Waals surface area contributed by atoms with Gasteiger partial charge in [-0.15, -0.1) is 0 Å². The second-order valence-electron chi connectivity index (χ2n) is 18.9. The van der Waals surface area contributed by atoms with E-state index in [0.717, 1.165) is 68.8 Å². The molecule has 1 spiro atoms. The topological polar surface area (TPSA) is 55.8 Å². The van der Waals surface area contributed by atoms with E-state index in [1.54, 1.807) is 0 Å². The van der Waals surface area contributed by atoms with Crippen molar-refractivity contribution in [2.75, 3.05) is 4.90 Å². The van der Waals surface area contributed by atoms with Gasteiger partial charge in [-0.25, -0.2) is 0 Å². The third-order valence-electron chi connectivity index (χ3n) is 14.8. The third kappa shape index (κ3) is 7.35. The first-order valence-corrected chi connectivity index (χ1v) is 25.1. The number of benzene rings is 8. The van der Waals surface area contributed by atoms with E-state index in [2.05, 4.69) is 205 Å². The normalized spacial score (nSPS) is 14.5. The molecule has 0 atom stereocenters. The molecule has 8 aromatic carbocycles. The first-order valence-electron chi connectivity index (χ1n) is 25.1. The number of nitriles is 2. The fraction of sp³-hybridized carbons (Fsp3) is 0.200. The van der Waals surface area contributed by atoms with Crippen LogP contribution in [-0.2, 0) is 18.3 Å². The first kappa shape index (κ1) is 43.6. The molecule has 0 saturated heterocycles. The lowest BCUT2D eigenvalue weighted by molar-refractivity contribution is 0.661. The monoisotopic (exact) mass is 892 g/mol. The summed E-state index contributed by atoms with van der Waals surface area (Å²) in [5.74, 6) is 0. The van der Waals surface area contributed by atoms with E-state index in [4.69, 9.17) is 0 Å². The molecule has 1 aliphatic carbocycles. The van der Waals surface area contributed by atoms with Gasteiger partial charge in [-0.2, -0.15) is 10.5 Å². The zero-order valence-corrected chi connectivity index (χ0v) is 39.7. The maximum atomic E-state index is 10.5. The molecule has 2 heterocycles. The molecule has 0 unspecified atom stereocenters. The second-order valence-corrected chi connectivity index (χ2v) is 18.9. The zero-order chi connectivity index (χ0) is 46.9. The van der Waals surface area contributed by atoms with E-state index in [9.17, 15) is 10.5 Å². The van der Waals surface area contributed by atoms with Crippen molar-refractivity contribution in [1.82, 2.24) is 4.57 Å². The number of rotatable bonds is 13. The third-order valence-corrected chi connectivity index (χ3v) is 14.8. The van der Waals surface area contributed by atoms with E-state index in [1.807, 2.05) is 12.1 Å². The number of unbranched alkanes of at least 4 members (excludes halogenated alkanes) is 6. The van der Waals surface area contributed by atoms with Gasteiger partial charge in [-0.05, 0) is 136 Å². The van der Waals surface area contributed by atoms with Crippen LogP contribution in [-0.4, -0.2) is 4.57 Å². The predicted octanol–water partition coefficient (Wildman–Crippen LogP) is 17.0. The summed E-state index contributed by atoms with van der Waals surface area (Å²) in [6.45, 7) is 4.57.